The standard InChI is InChI=1S/C12H11N3O3S/c1-3-18-12(17)9-10(7(2)16)19-11(15-9)8-6-13-4-5-14-8/h4-6H,3H2,1-2H3. The van der Waals surface area contributed by atoms with Crippen LogP contribution in [0, 0.1) is 0 Å². The maximum Gasteiger partial charge on any atom is 0.358 e. The van der Waals surface area contributed by atoms with E-state index in [2.05, 4.69) is 15.0 Å². The molecule has 0 fully saturated rings. The smallest absolute Gasteiger partial charge is 0.358 e. The third kappa shape index (κ3) is 2.82. The summed E-state index contributed by atoms with van der Waals surface area (Å²) in [5.41, 5.74) is 0.561. The van der Waals surface area contributed by atoms with Crippen LogP contribution in [0.25, 0.3) is 10.7 Å². The van der Waals surface area contributed by atoms with Crippen LogP contribution in [0.1, 0.15) is 34.0 Å². The second-order valence-electron chi connectivity index (χ2n) is 3.56. The SMILES string of the molecule is CCOC(=O)c1nc(-c2cnccn2)sc1C(C)=O. The fourth-order valence-electron chi connectivity index (χ4n) is 1.42. The quantitative estimate of drug-likeness (QED) is 0.627. The summed E-state index contributed by atoms with van der Waals surface area (Å²) in [4.78, 5) is 35.7. The monoisotopic (exact) mass is 277 g/mol. The summed E-state index contributed by atoms with van der Waals surface area (Å²) in [5, 5.41) is 0.473. The van der Waals surface area contributed by atoms with E-state index >= 15 is 0 Å². The third-order valence-electron chi connectivity index (χ3n) is 2.20. The van der Waals surface area contributed by atoms with E-state index in [1.807, 2.05) is 0 Å². The molecule has 0 N–H and O–H groups in total. The van der Waals surface area contributed by atoms with Crippen LogP contribution in [0.4, 0.5) is 0 Å². The van der Waals surface area contributed by atoms with Crippen LogP contribution in [-0.2, 0) is 4.74 Å². The highest BCUT2D eigenvalue weighted by Crippen LogP contribution is 2.27. The Labute approximate surface area is 113 Å². The average molecular weight is 277 g/mol. The van der Waals surface area contributed by atoms with Crippen molar-refractivity contribution in [1.29, 1.82) is 0 Å². The van der Waals surface area contributed by atoms with Gasteiger partial charge in [-0.2, -0.15) is 0 Å². The molecule has 98 valence electrons. The minimum atomic E-state index is -0.598. The zero-order valence-corrected chi connectivity index (χ0v) is 11.2. The number of carbonyl (C=O) groups excluding carboxylic acids is 2. The second-order valence-corrected chi connectivity index (χ2v) is 4.56. The minimum absolute atomic E-state index is 0.0417. The molecular formula is C12H11N3O3S. The highest BCUT2D eigenvalue weighted by molar-refractivity contribution is 7.17. The summed E-state index contributed by atoms with van der Waals surface area (Å²) in [6, 6.07) is 0. The van der Waals surface area contributed by atoms with Crippen molar-refractivity contribution in [1.82, 2.24) is 15.0 Å². The molecule has 0 spiro atoms. The first kappa shape index (κ1) is 13.3. The number of hydrogen-bond acceptors (Lipinski definition) is 7. The summed E-state index contributed by atoms with van der Waals surface area (Å²) in [6.07, 6.45) is 4.58. The van der Waals surface area contributed by atoms with Crippen molar-refractivity contribution in [2.75, 3.05) is 6.61 Å². The van der Waals surface area contributed by atoms with Crippen molar-refractivity contribution < 1.29 is 14.3 Å². The van der Waals surface area contributed by atoms with Crippen LogP contribution in [0.3, 0.4) is 0 Å². The first-order chi connectivity index (χ1) is 9.13. The average Bonchev–Trinajstić information content (AvgIpc) is 2.85. The minimum Gasteiger partial charge on any atom is -0.461 e. The maximum atomic E-state index is 11.7. The lowest BCUT2D eigenvalue weighted by molar-refractivity contribution is 0.0517. The molecule has 19 heavy (non-hydrogen) atoms. The zero-order chi connectivity index (χ0) is 13.8. The Balaban J connectivity index is 2.47. The number of esters is 1. The molecule has 0 radical (unpaired) electrons. The molecule has 0 aliphatic carbocycles. The Morgan fingerprint density at radius 2 is 2.16 bits per heavy atom. The van der Waals surface area contributed by atoms with E-state index < -0.39 is 5.97 Å². The molecule has 0 saturated carbocycles. The van der Waals surface area contributed by atoms with Crippen molar-refractivity contribution in [2.45, 2.75) is 13.8 Å². The van der Waals surface area contributed by atoms with Crippen molar-refractivity contribution in [3.8, 4) is 10.7 Å². The second kappa shape index (κ2) is 5.66. The first-order valence-corrected chi connectivity index (χ1v) is 6.40. The van der Waals surface area contributed by atoms with E-state index in [1.165, 1.54) is 25.5 Å². The summed E-state index contributed by atoms with van der Waals surface area (Å²) in [5.74, 6) is -0.824. The molecule has 0 aliphatic heterocycles. The van der Waals surface area contributed by atoms with E-state index in [4.69, 9.17) is 4.74 Å². The Morgan fingerprint density at radius 3 is 2.74 bits per heavy atom. The normalized spacial score (nSPS) is 10.2. The van der Waals surface area contributed by atoms with Crippen molar-refractivity contribution in [2.24, 2.45) is 0 Å². The van der Waals surface area contributed by atoms with E-state index in [1.54, 1.807) is 6.92 Å². The van der Waals surface area contributed by atoms with Gasteiger partial charge in [0.05, 0.1) is 12.8 Å². The van der Waals surface area contributed by atoms with Gasteiger partial charge in [0.15, 0.2) is 11.5 Å². The summed E-state index contributed by atoms with van der Waals surface area (Å²) < 4.78 is 4.88. The Morgan fingerprint density at radius 1 is 1.37 bits per heavy atom. The molecule has 0 unspecified atom stereocenters. The number of rotatable bonds is 4. The highest BCUT2D eigenvalue weighted by atomic mass is 32.1. The summed E-state index contributed by atoms with van der Waals surface area (Å²) in [7, 11) is 0. The highest BCUT2D eigenvalue weighted by Gasteiger charge is 2.23. The van der Waals surface area contributed by atoms with Crippen LogP contribution in [0.2, 0.25) is 0 Å². The molecule has 0 saturated heterocycles. The van der Waals surface area contributed by atoms with Crippen molar-refractivity contribution >= 4 is 23.1 Å². The Kier molecular flexibility index (Phi) is 3.96. The van der Waals surface area contributed by atoms with Crippen molar-refractivity contribution in [3.63, 3.8) is 0 Å². The van der Waals surface area contributed by atoms with E-state index in [9.17, 15) is 9.59 Å². The molecule has 2 aromatic rings. The number of Topliss-reactive ketones (excluding diaryl/α,β-unsaturated/α-hetero) is 1. The van der Waals surface area contributed by atoms with Crippen molar-refractivity contribution in [3.05, 3.63) is 29.2 Å². The van der Waals surface area contributed by atoms with Gasteiger partial charge in [-0.05, 0) is 6.92 Å². The van der Waals surface area contributed by atoms with Gasteiger partial charge in [0.1, 0.15) is 15.6 Å². The fraction of sp³-hybridized carbons (Fsp3) is 0.250. The molecule has 0 bridgehead atoms. The predicted octanol–water partition coefficient (Wildman–Crippen LogP) is 1.98. The molecule has 7 heteroatoms. The van der Waals surface area contributed by atoms with Gasteiger partial charge >= 0.3 is 5.97 Å². The van der Waals surface area contributed by atoms with Crippen LogP contribution in [-0.4, -0.2) is 33.3 Å². The molecule has 2 heterocycles. The summed E-state index contributed by atoms with van der Waals surface area (Å²) >= 11 is 1.11. The zero-order valence-electron chi connectivity index (χ0n) is 10.4. The van der Waals surface area contributed by atoms with E-state index in [-0.39, 0.29) is 23.0 Å². The topological polar surface area (TPSA) is 82.0 Å². The van der Waals surface area contributed by atoms with Gasteiger partial charge in [0, 0.05) is 19.3 Å². The van der Waals surface area contributed by atoms with Gasteiger partial charge in [-0.3, -0.25) is 14.8 Å². The van der Waals surface area contributed by atoms with Gasteiger partial charge < -0.3 is 4.74 Å². The Bertz CT molecular complexity index is 610. The molecule has 0 atom stereocenters. The molecule has 2 rings (SSSR count). The lowest BCUT2D eigenvalue weighted by Gasteiger charge is -1.98. The van der Waals surface area contributed by atoms with Gasteiger partial charge in [0.25, 0.3) is 0 Å². The molecule has 2 aromatic heterocycles. The molecule has 6 nitrogen and oxygen atoms in total. The molecular weight excluding hydrogens is 266 g/mol. The lowest BCUT2D eigenvalue weighted by Crippen LogP contribution is -2.09. The van der Waals surface area contributed by atoms with Crippen LogP contribution in [0.15, 0.2) is 18.6 Å². The van der Waals surface area contributed by atoms with Crippen LogP contribution < -0.4 is 0 Å². The van der Waals surface area contributed by atoms with Crippen LogP contribution in [0.5, 0.6) is 0 Å². The number of ether oxygens (including phenoxy) is 1. The number of thiazole rings is 1. The van der Waals surface area contributed by atoms with Gasteiger partial charge in [-0.15, -0.1) is 11.3 Å². The lowest BCUT2D eigenvalue weighted by atomic mass is 10.3. The van der Waals surface area contributed by atoms with Gasteiger partial charge in [-0.1, -0.05) is 0 Å². The third-order valence-corrected chi connectivity index (χ3v) is 3.38. The van der Waals surface area contributed by atoms with Gasteiger partial charge in [-0.25, -0.2) is 9.78 Å². The number of carbonyl (C=O) groups is 2. The summed E-state index contributed by atoms with van der Waals surface area (Å²) in [6.45, 7) is 3.31. The fourth-order valence-corrected chi connectivity index (χ4v) is 2.33. The number of aromatic nitrogens is 3. The van der Waals surface area contributed by atoms with Crippen LogP contribution >= 0.6 is 11.3 Å². The van der Waals surface area contributed by atoms with E-state index in [0.717, 1.165) is 11.3 Å². The Hall–Kier alpha value is -2.15. The molecule has 0 aliphatic rings. The first-order valence-electron chi connectivity index (χ1n) is 5.58. The predicted molar refractivity (Wildman–Crippen MR) is 69.1 cm³/mol. The number of hydrogen-bond donors (Lipinski definition) is 0. The molecule has 0 amide bonds. The van der Waals surface area contributed by atoms with Gasteiger partial charge in [0.2, 0.25) is 0 Å². The maximum absolute atomic E-state index is 11.7. The number of ketones is 1. The van der Waals surface area contributed by atoms with E-state index in [0.29, 0.717) is 10.7 Å². The molecule has 0 aromatic carbocycles. The largest absolute Gasteiger partial charge is 0.461 e. The number of nitrogens with zero attached hydrogens (tertiary/aromatic N) is 3.